The SMILES string of the molecule is CCCCOCCCNC(=O)Nc1cccc(F)c1. The zero-order valence-electron chi connectivity index (χ0n) is 11.2. The number of anilines is 1. The summed E-state index contributed by atoms with van der Waals surface area (Å²) < 4.78 is 18.3. The van der Waals surface area contributed by atoms with Crippen LogP contribution in [0.1, 0.15) is 26.2 Å². The number of rotatable bonds is 8. The summed E-state index contributed by atoms with van der Waals surface area (Å²) in [5, 5.41) is 5.25. The van der Waals surface area contributed by atoms with Crippen molar-refractivity contribution in [3.63, 3.8) is 0 Å². The molecule has 0 atom stereocenters. The van der Waals surface area contributed by atoms with Crippen LogP contribution in [-0.2, 0) is 4.74 Å². The summed E-state index contributed by atoms with van der Waals surface area (Å²) in [5.41, 5.74) is 0.441. The van der Waals surface area contributed by atoms with Crippen molar-refractivity contribution >= 4 is 11.7 Å². The molecule has 2 N–H and O–H groups in total. The first-order valence-electron chi connectivity index (χ1n) is 6.60. The van der Waals surface area contributed by atoms with Gasteiger partial charge in [0.15, 0.2) is 0 Å². The van der Waals surface area contributed by atoms with Gasteiger partial charge >= 0.3 is 6.03 Å². The Morgan fingerprint density at radius 3 is 2.84 bits per heavy atom. The average molecular weight is 268 g/mol. The lowest BCUT2D eigenvalue weighted by Gasteiger charge is -2.08. The third-order valence-corrected chi connectivity index (χ3v) is 2.48. The minimum Gasteiger partial charge on any atom is -0.381 e. The summed E-state index contributed by atoms with van der Waals surface area (Å²) in [6.07, 6.45) is 2.95. The Kier molecular flexibility index (Phi) is 7.58. The summed E-state index contributed by atoms with van der Waals surface area (Å²) in [6.45, 7) is 4.06. The van der Waals surface area contributed by atoms with Gasteiger partial charge in [-0.1, -0.05) is 19.4 Å². The molecule has 1 aromatic carbocycles. The standard InChI is InChI=1S/C14H21FN2O2/c1-2-3-9-19-10-5-8-16-14(18)17-13-7-4-6-12(15)11-13/h4,6-7,11H,2-3,5,8-10H2,1H3,(H2,16,17,18). The van der Waals surface area contributed by atoms with E-state index in [1.54, 1.807) is 12.1 Å². The molecule has 0 saturated carbocycles. The van der Waals surface area contributed by atoms with E-state index < -0.39 is 0 Å². The van der Waals surface area contributed by atoms with Gasteiger partial charge in [-0.2, -0.15) is 0 Å². The van der Waals surface area contributed by atoms with Crippen LogP contribution in [0.25, 0.3) is 0 Å². The van der Waals surface area contributed by atoms with Gasteiger partial charge in [-0.05, 0) is 31.0 Å². The van der Waals surface area contributed by atoms with E-state index in [9.17, 15) is 9.18 Å². The molecule has 0 aliphatic heterocycles. The minimum atomic E-state index is -0.373. The van der Waals surface area contributed by atoms with E-state index in [-0.39, 0.29) is 11.8 Å². The maximum atomic E-state index is 12.9. The number of halogens is 1. The smallest absolute Gasteiger partial charge is 0.319 e. The van der Waals surface area contributed by atoms with Crippen molar-refractivity contribution in [3.8, 4) is 0 Å². The fraction of sp³-hybridized carbons (Fsp3) is 0.500. The second kappa shape index (κ2) is 9.33. The highest BCUT2D eigenvalue weighted by atomic mass is 19.1. The molecule has 1 rings (SSSR count). The molecule has 4 nitrogen and oxygen atoms in total. The zero-order chi connectivity index (χ0) is 13.9. The molecule has 0 bridgehead atoms. The van der Waals surface area contributed by atoms with Crippen LogP contribution in [0.4, 0.5) is 14.9 Å². The Balaban J connectivity index is 2.08. The van der Waals surface area contributed by atoms with E-state index in [0.717, 1.165) is 25.9 Å². The Hall–Kier alpha value is -1.62. The van der Waals surface area contributed by atoms with Crippen molar-refractivity contribution in [3.05, 3.63) is 30.1 Å². The second-order valence-electron chi connectivity index (χ2n) is 4.21. The Bertz CT molecular complexity index is 385. The van der Waals surface area contributed by atoms with Gasteiger partial charge in [-0.15, -0.1) is 0 Å². The highest BCUT2D eigenvalue weighted by Crippen LogP contribution is 2.08. The Morgan fingerprint density at radius 1 is 1.32 bits per heavy atom. The molecule has 0 unspecified atom stereocenters. The van der Waals surface area contributed by atoms with Crippen LogP contribution < -0.4 is 10.6 Å². The fourth-order valence-corrected chi connectivity index (χ4v) is 1.47. The van der Waals surface area contributed by atoms with Crippen LogP contribution in [0, 0.1) is 5.82 Å². The molecule has 0 aliphatic carbocycles. The van der Waals surface area contributed by atoms with E-state index in [1.807, 2.05) is 0 Å². The number of carbonyl (C=O) groups is 1. The van der Waals surface area contributed by atoms with Crippen LogP contribution in [0.2, 0.25) is 0 Å². The molecular weight excluding hydrogens is 247 g/mol. The number of hydrogen-bond donors (Lipinski definition) is 2. The van der Waals surface area contributed by atoms with Crippen molar-refractivity contribution in [1.82, 2.24) is 5.32 Å². The highest BCUT2D eigenvalue weighted by molar-refractivity contribution is 5.89. The molecule has 2 amide bonds. The number of carbonyl (C=O) groups excluding carboxylic acids is 1. The van der Waals surface area contributed by atoms with E-state index in [0.29, 0.717) is 18.8 Å². The van der Waals surface area contributed by atoms with Crippen molar-refractivity contribution < 1.29 is 13.9 Å². The van der Waals surface area contributed by atoms with E-state index in [2.05, 4.69) is 17.6 Å². The highest BCUT2D eigenvalue weighted by Gasteiger charge is 2.01. The summed E-state index contributed by atoms with van der Waals surface area (Å²) in [5.74, 6) is -0.373. The van der Waals surface area contributed by atoms with E-state index in [4.69, 9.17) is 4.74 Å². The third-order valence-electron chi connectivity index (χ3n) is 2.48. The van der Waals surface area contributed by atoms with Gasteiger partial charge in [0.2, 0.25) is 0 Å². The lowest BCUT2D eigenvalue weighted by atomic mass is 10.3. The fourth-order valence-electron chi connectivity index (χ4n) is 1.47. The number of ether oxygens (including phenoxy) is 1. The molecule has 106 valence electrons. The van der Waals surface area contributed by atoms with Crippen molar-refractivity contribution in [2.45, 2.75) is 26.2 Å². The molecule has 0 heterocycles. The molecule has 0 spiro atoms. The van der Waals surface area contributed by atoms with Gasteiger partial charge in [0, 0.05) is 25.4 Å². The average Bonchev–Trinajstić information content (AvgIpc) is 2.37. The first kappa shape index (κ1) is 15.4. The zero-order valence-corrected chi connectivity index (χ0v) is 11.2. The lowest BCUT2D eigenvalue weighted by molar-refractivity contribution is 0.129. The van der Waals surface area contributed by atoms with Gasteiger partial charge in [0.25, 0.3) is 0 Å². The van der Waals surface area contributed by atoms with Gasteiger partial charge in [0.1, 0.15) is 5.82 Å². The van der Waals surface area contributed by atoms with Crippen LogP contribution in [0.3, 0.4) is 0 Å². The molecule has 5 heteroatoms. The molecule has 0 radical (unpaired) electrons. The van der Waals surface area contributed by atoms with E-state index in [1.165, 1.54) is 12.1 Å². The quantitative estimate of drug-likeness (QED) is 0.712. The van der Waals surface area contributed by atoms with E-state index >= 15 is 0 Å². The van der Waals surface area contributed by atoms with Crippen molar-refractivity contribution in [2.24, 2.45) is 0 Å². The minimum absolute atomic E-state index is 0.334. The molecule has 0 fully saturated rings. The summed E-state index contributed by atoms with van der Waals surface area (Å²) in [4.78, 5) is 11.5. The maximum Gasteiger partial charge on any atom is 0.319 e. The summed E-state index contributed by atoms with van der Waals surface area (Å²) in [6, 6.07) is 5.45. The molecule has 1 aromatic rings. The van der Waals surface area contributed by atoms with Gasteiger partial charge in [-0.25, -0.2) is 9.18 Å². The first-order valence-corrected chi connectivity index (χ1v) is 6.60. The van der Waals surface area contributed by atoms with Crippen LogP contribution >= 0.6 is 0 Å². The van der Waals surface area contributed by atoms with Crippen LogP contribution in [-0.4, -0.2) is 25.8 Å². The maximum absolute atomic E-state index is 12.9. The number of nitrogens with one attached hydrogen (secondary N) is 2. The molecule has 0 aliphatic rings. The molecule has 0 saturated heterocycles. The number of unbranched alkanes of at least 4 members (excludes halogenated alkanes) is 1. The predicted octanol–water partition coefficient (Wildman–Crippen LogP) is 3.15. The summed E-state index contributed by atoms with van der Waals surface area (Å²) in [7, 11) is 0. The third kappa shape index (κ3) is 7.41. The summed E-state index contributed by atoms with van der Waals surface area (Å²) >= 11 is 0. The number of benzene rings is 1. The lowest BCUT2D eigenvalue weighted by Crippen LogP contribution is -2.30. The topological polar surface area (TPSA) is 50.4 Å². The van der Waals surface area contributed by atoms with Crippen LogP contribution in [0.15, 0.2) is 24.3 Å². The van der Waals surface area contributed by atoms with Gasteiger partial charge < -0.3 is 15.4 Å². The number of hydrogen-bond acceptors (Lipinski definition) is 2. The van der Waals surface area contributed by atoms with Crippen molar-refractivity contribution in [2.75, 3.05) is 25.1 Å². The van der Waals surface area contributed by atoms with Crippen LogP contribution in [0.5, 0.6) is 0 Å². The largest absolute Gasteiger partial charge is 0.381 e. The monoisotopic (exact) mass is 268 g/mol. The predicted molar refractivity (Wildman–Crippen MR) is 73.8 cm³/mol. The van der Waals surface area contributed by atoms with Gasteiger partial charge in [0.05, 0.1) is 0 Å². The molecular formula is C14H21FN2O2. The molecule has 19 heavy (non-hydrogen) atoms. The van der Waals surface area contributed by atoms with Crippen molar-refractivity contribution in [1.29, 1.82) is 0 Å². The first-order chi connectivity index (χ1) is 9.22. The molecule has 0 aromatic heterocycles. The van der Waals surface area contributed by atoms with Gasteiger partial charge in [-0.3, -0.25) is 0 Å². The normalized spacial score (nSPS) is 10.2. The Labute approximate surface area is 113 Å². The Morgan fingerprint density at radius 2 is 2.11 bits per heavy atom. The number of amides is 2. The second-order valence-corrected chi connectivity index (χ2v) is 4.21. The number of urea groups is 1.